The Kier molecular flexibility index (Phi) is 4.66. The van der Waals surface area contributed by atoms with Gasteiger partial charge in [-0.05, 0) is 30.0 Å². The van der Waals surface area contributed by atoms with Gasteiger partial charge in [0, 0.05) is 7.05 Å². The number of fused-ring (bicyclic) bond motifs is 1. The Morgan fingerprint density at radius 2 is 1.96 bits per heavy atom. The third kappa shape index (κ3) is 3.33. The van der Waals surface area contributed by atoms with Crippen molar-refractivity contribution >= 4 is 33.4 Å². The molecule has 2 aromatic heterocycles. The quantitative estimate of drug-likeness (QED) is 0.749. The topological polar surface area (TPSA) is 63.1 Å². The van der Waals surface area contributed by atoms with Gasteiger partial charge in [-0.3, -0.25) is 9.59 Å². The van der Waals surface area contributed by atoms with Crippen LogP contribution in [0, 0.1) is 0 Å². The van der Waals surface area contributed by atoms with Gasteiger partial charge in [0.05, 0.1) is 22.8 Å². The van der Waals surface area contributed by atoms with E-state index < -0.39 is 0 Å². The number of nitrogens with one attached hydrogen (secondary N) is 2. The van der Waals surface area contributed by atoms with Crippen molar-refractivity contribution in [3.05, 3.63) is 59.1 Å². The lowest BCUT2D eigenvalue weighted by Gasteiger charge is -2.14. The minimum Gasteiger partial charge on any atom is -0.348 e. The third-order valence-electron chi connectivity index (χ3n) is 3.98. The number of rotatable bonds is 5. The summed E-state index contributed by atoms with van der Waals surface area (Å²) < 4.78 is 2.90. The Labute approximate surface area is 144 Å². The average Bonchev–Trinajstić information content (AvgIpc) is 3.17. The SMILES string of the molecule is CC(NC(=O)CNC(=O)c1cc2sccc2n1C)c1ccccc1. The Hall–Kier alpha value is -2.60. The molecule has 3 aromatic rings. The molecule has 0 bridgehead atoms. The van der Waals surface area contributed by atoms with Crippen molar-refractivity contribution in [1.82, 2.24) is 15.2 Å². The van der Waals surface area contributed by atoms with Gasteiger partial charge >= 0.3 is 0 Å². The van der Waals surface area contributed by atoms with E-state index >= 15 is 0 Å². The summed E-state index contributed by atoms with van der Waals surface area (Å²) in [6.07, 6.45) is 0. The predicted octanol–water partition coefficient (Wildman–Crippen LogP) is 2.85. The molecule has 1 atom stereocenters. The van der Waals surface area contributed by atoms with E-state index in [-0.39, 0.29) is 24.4 Å². The van der Waals surface area contributed by atoms with Crippen LogP contribution in [0.2, 0.25) is 0 Å². The van der Waals surface area contributed by atoms with Crippen LogP contribution in [0.15, 0.2) is 47.8 Å². The van der Waals surface area contributed by atoms with Crippen LogP contribution in [0.5, 0.6) is 0 Å². The molecule has 2 N–H and O–H groups in total. The molecular formula is C18H19N3O2S. The summed E-state index contributed by atoms with van der Waals surface area (Å²) in [4.78, 5) is 24.3. The molecule has 2 heterocycles. The van der Waals surface area contributed by atoms with Crippen molar-refractivity contribution in [3.8, 4) is 0 Å². The molecule has 0 radical (unpaired) electrons. The molecule has 0 saturated carbocycles. The van der Waals surface area contributed by atoms with Gasteiger partial charge in [-0.1, -0.05) is 30.3 Å². The summed E-state index contributed by atoms with van der Waals surface area (Å²) in [5, 5.41) is 7.55. The van der Waals surface area contributed by atoms with Crippen LogP contribution in [-0.4, -0.2) is 22.9 Å². The van der Waals surface area contributed by atoms with Gasteiger partial charge in [0.25, 0.3) is 5.91 Å². The maximum Gasteiger partial charge on any atom is 0.268 e. The Morgan fingerprint density at radius 1 is 1.21 bits per heavy atom. The molecule has 6 heteroatoms. The Bertz CT molecular complexity index is 867. The number of nitrogens with zero attached hydrogens (tertiary/aromatic N) is 1. The highest BCUT2D eigenvalue weighted by Crippen LogP contribution is 2.23. The van der Waals surface area contributed by atoms with E-state index in [0.717, 1.165) is 15.8 Å². The van der Waals surface area contributed by atoms with Gasteiger partial charge in [0.2, 0.25) is 5.91 Å². The van der Waals surface area contributed by atoms with Crippen molar-refractivity contribution in [2.75, 3.05) is 6.54 Å². The first-order chi connectivity index (χ1) is 11.6. The number of aryl methyl sites for hydroxylation is 1. The van der Waals surface area contributed by atoms with E-state index in [9.17, 15) is 9.59 Å². The standard InChI is InChI=1S/C18H19N3O2S/c1-12(13-6-4-3-5-7-13)20-17(22)11-19-18(23)15-10-16-14(21(15)2)8-9-24-16/h3-10,12H,11H2,1-2H3,(H,19,23)(H,20,22). The number of carbonyl (C=O) groups is 2. The second-order valence-electron chi connectivity index (χ2n) is 5.64. The Balaban J connectivity index is 1.57. The molecule has 1 unspecified atom stereocenters. The number of thiophene rings is 1. The van der Waals surface area contributed by atoms with Gasteiger partial charge in [0.1, 0.15) is 5.69 Å². The highest BCUT2D eigenvalue weighted by Gasteiger charge is 2.15. The molecule has 0 fully saturated rings. The summed E-state index contributed by atoms with van der Waals surface area (Å²) in [6, 6.07) is 13.4. The fourth-order valence-corrected chi connectivity index (χ4v) is 3.49. The van der Waals surface area contributed by atoms with E-state index in [4.69, 9.17) is 0 Å². The number of benzene rings is 1. The minimum absolute atomic E-state index is 0.0468. The highest BCUT2D eigenvalue weighted by atomic mass is 32.1. The monoisotopic (exact) mass is 341 g/mol. The maximum absolute atomic E-state index is 12.3. The summed E-state index contributed by atoms with van der Waals surface area (Å²) >= 11 is 1.59. The molecule has 0 aliphatic carbocycles. The summed E-state index contributed by atoms with van der Waals surface area (Å²) in [5.41, 5.74) is 2.60. The van der Waals surface area contributed by atoms with E-state index in [1.165, 1.54) is 0 Å². The maximum atomic E-state index is 12.3. The largest absolute Gasteiger partial charge is 0.348 e. The zero-order valence-corrected chi connectivity index (χ0v) is 14.4. The summed E-state index contributed by atoms with van der Waals surface area (Å²) in [7, 11) is 1.85. The first kappa shape index (κ1) is 16.3. The van der Waals surface area contributed by atoms with E-state index in [1.54, 1.807) is 11.3 Å². The van der Waals surface area contributed by atoms with Crippen LogP contribution in [0.1, 0.15) is 29.0 Å². The van der Waals surface area contributed by atoms with Gasteiger partial charge in [-0.15, -0.1) is 11.3 Å². The molecule has 0 aliphatic rings. The average molecular weight is 341 g/mol. The van der Waals surface area contributed by atoms with Crippen LogP contribution >= 0.6 is 11.3 Å². The molecular weight excluding hydrogens is 322 g/mol. The van der Waals surface area contributed by atoms with E-state index in [2.05, 4.69) is 10.6 Å². The van der Waals surface area contributed by atoms with E-state index in [1.807, 2.05) is 66.4 Å². The van der Waals surface area contributed by atoms with Crippen molar-refractivity contribution in [2.45, 2.75) is 13.0 Å². The molecule has 3 rings (SSSR count). The second kappa shape index (κ2) is 6.88. The van der Waals surface area contributed by atoms with E-state index in [0.29, 0.717) is 5.69 Å². The normalized spacial score (nSPS) is 12.1. The molecule has 1 aromatic carbocycles. The first-order valence-electron chi connectivity index (χ1n) is 7.71. The smallest absolute Gasteiger partial charge is 0.268 e. The van der Waals surface area contributed by atoms with Crippen molar-refractivity contribution in [1.29, 1.82) is 0 Å². The lowest BCUT2D eigenvalue weighted by Crippen LogP contribution is -2.38. The lowest BCUT2D eigenvalue weighted by atomic mass is 10.1. The lowest BCUT2D eigenvalue weighted by molar-refractivity contribution is -0.120. The number of hydrogen-bond acceptors (Lipinski definition) is 3. The second-order valence-corrected chi connectivity index (χ2v) is 6.59. The molecule has 24 heavy (non-hydrogen) atoms. The van der Waals surface area contributed by atoms with Gasteiger partial charge in [-0.2, -0.15) is 0 Å². The van der Waals surface area contributed by atoms with Crippen LogP contribution in [0.25, 0.3) is 10.2 Å². The van der Waals surface area contributed by atoms with Gasteiger partial charge < -0.3 is 15.2 Å². The summed E-state index contributed by atoms with van der Waals surface area (Å²) in [5.74, 6) is -0.459. The zero-order valence-electron chi connectivity index (χ0n) is 13.6. The third-order valence-corrected chi connectivity index (χ3v) is 4.84. The van der Waals surface area contributed by atoms with Gasteiger partial charge in [0.15, 0.2) is 0 Å². The number of aromatic nitrogens is 1. The number of hydrogen-bond donors (Lipinski definition) is 2. The molecule has 5 nitrogen and oxygen atoms in total. The molecule has 0 spiro atoms. The number of carbonyl (C=O) groups excluding carboxylic acids is 2. The summed E-state index contributed by atoms with van der Waals surface area (Å²) in [6.45, 7) is 1.87. The van der Waals surface area contributed by atoms with Crippen molar-refractivity contribution in [2.24, 2.45) is 7.05 Å². The predicted molar refractivity (Wildman–Crippen MR) is 96.1 cm³/mol. The zero-order chi connectivity index (χ0) is 17.1. The van der Waals surface area contributed by atoms with Crippen LogP contribution in [0.3, 0.4) is 0 Å². The molecule has 2 amide bonds. The minimum atomic E-state index is -0.247. The molecule has 0 aliphatic heterocycles. The fraction of sp³-hybridized carbons (Fsp3) is 0.222. The highest BCUT2D eigenvalue weighted by molar-refractivity contribution is 7.17. The van der Waals surface area contributed by atoms with Crippen LogP contribution < -0.4 is 10.6 Å². The first-order valence-corrected chi connectivity index (χ1v) is 8.59. The van der Waals surface area contributed by atoms with Crippen LogP contribution in [0.4, 0.5) is 0 Å². The number of amides is 2. The van der Waals surface area contributed by atoms with Crippen molar-refractivity contribution in [3.63, 3.8) is 0 Å². The molecule has 124 valence electrons. The van der Waals surface area contributed by atoms with Crippen molar-refractivity contribution < 1.29 is 9.59 Å². The fourth-order valence-electron chi connectivity index (χ4n) is 2.64. The Morgan fingerprint density at radius 3 is 2.67 bits per heavy atom. The van der Waals surface area contributed by atoms with Crippen LogP contribution in [-0.2, 0) is 11.8 Å². The molecule has 0 saturated heterocycles. The van der Waals surface area contributed by atoms with Gasteiger partial charge in [-0.25, -0.2) is 0 Å².